The van der Waals surface area contributed by atoms with Gasteiger partial charge in [0.25, 0.3) is 0 Å². The van der Waals surface area contributed by atoms with Crippen molar-refractivity contribution in [2.75, 3.05) is 18.5 Å². The number of piperidine rings is 1. The first-order valence-electron chi connectivity index (χ1n) is 6.46. The van der Waals surface area contributed by atoms with E-state index < -0.39 is 5.82 Å². The largest absolute Gasteiger partial charge is 0.357 e. The monoisotopic (exact) mass is 339 g/mol. The number of anilines is 1. The van der Waals surface area contributed by atoms with Crippen molar-refractivity contribution in [2.24, 2.45) is 0 Å². The van der Waals surface area contributed by atoms with Crippen LogP contribution in [0.5, 0.6) is 0 Å². The van der Waals surface area contributed by atoms with Gasteiger partial charge in [0.15, 0.2) is 5.82 Å². The van der Waals surface area contributed by atoms with Crippen LogP contribution in [0.2, 0.25) is 0 Å². The maximum Gasteiger partial charge on any atom is 0.242 e. The van der Waals surface area contributed by atoms with Crippen LogP contribution in [0.4, 0.5) is 10.1 Å². The van der Waals surface area contributed by atoms with E-state index in [0.717, 1.165) is 12.8 Å². The number of rotatable bonds is 2. The zero-order chi connectivity index (χ0) is 14.7. The highest BCUT2D eigenvalue weighted by atomic mass is 79.9. The smallest absolute Gasteiger partial charge is 0.242 e. The fraction of sp³-hybridized carbons (Fsp3) is 0.429. The van der Waals surface area contributed by atoms with Crippen LogP contribution < -0.4 is 10.2 Å². The Morgan fingerprint density at radius 3 is 2.95 bits per heavy atom. The van der Waals surface area contributed by atoms with Crippen molar-refractivity contribution in [2.45, 2.75) is 25.3 Å². The van der Waals surface area contributed by atoms with E-state index >= 15 is 0 Å². The van der Waals surface area contributed by atoms with Gasteiger partial charge in [-0.25, -0.2) is 4.39 Å². The molecule has 1 amide bonds. The number of carbonyl (C=O) groups is 1. The number of hydrogen-bond acceptors (Lipinski definition) is 3. The minimum absolute atomic E-state index is 0.107. The molecule has 1 saturated heterocycles. The predicted octanol–water partition coefficient (Wildman–Crippen LogP) is 2.56. The zero-order valence-corrected chi connectivity index (χ0v) is 12.7. The van der Waals surface area contributed by atoms with Crippen LogP contribution in [0.1, 0.15) is 24.8 Å². The molecule has 0 radical (unpaired) electrons. The Bertz CT molecular complexity index is 570. The molecule has 20 heavy (non-hydrogen) atoms. The molecule has 0 saturated carbocycles. The van der Waals surface area contributed by atoms with E-state index in [1.54, 1.807) is 24.1 Å². The molecule has 0 aliphatic carbocycles. The number of nitrogens with zero attached hydrogens (tertiary/aromatic N) is 2. The molecule has 1 unspecified atom stereocenters. The molecule has 1 atom stereocenters. The van der Waals surface area contributed by atoms with Gasteiger partial charge in [-0.2, -0.15) is 5.26 Å². The fourth-order valence-corrected chi connectivity index (χ4v) is 2.93. The maximum absolute atomic E-state index is 14.4. The Balaban J connectivity index is 2.41. The topological polar surface area (TPSA) is 56.1 Å². The Morgan fingerprint density at radius 2 is 2.30 bits per heavy atom. The molecule has 1 aliphatic rings. The Labute approximate surface area is 125 Å². The van der Waals surface area contributed by atoms with Gasteiger partial charge in [0, 0.05) is 13.6 Å². The number of likely N-dealkylation sites (N-methyl/N-ethyl adjacent to an activating group) is 1. The lowest BCUT2D eigenvalue weighted by atomic mass is 10.00. The molecule has 1 aromatic rings. The van der Waals surface area contributed by atoms with Gasteiger partial charge in [-0.05, 0) is 47.3 Å². The molecule has 1 N–H and O–H groups in total. The summed E-state index contributed by atoms with van der Waals surface area (Å²) in [5, 5.41) is 11.5. The van der Waals surface area contributed by atoms with Crippen LogP contribution in [-0.2, 0) is 4.79 Å². The Morgan fingerprint density at radius 1 is 1.55 bits per heavy atom. The number of amides is 1. The van der Waals surface area contributed by atoms with Crippen LogP contribution in [0.15, 0.2) is 16.6 Å². The molecular formula is C14H15BrFN3O. The summed E-state index contributed by atoms with van der Waals surface area (Å²) in [5.74, 6) is -0.593. The summed E-state index contributed by atoms with van der Waals surface area (Å²) in [7, 11) is 1.58. The van der Waals surface area contributed by atoms with Gasteiger partial charge in [0.05, 0.1) is 15.7 Å². The van der Waals surface area contributed by atoms with Crippen molar-refractivity contribution in [3.63, 3.8) is 0 Å². The second-order valence-corrected chi connectivity index (χ2v) is 5.48. The lowest BCUT2D eigenvalue weighted by Gasteiger charge is -2.36. The molecule has 1 aliphatic heterocycles. The van der Waals surface area contributed by atoms with Crippen LogP contribution in [-0.4, -0.2) is 25.5 Å². The third-order valence-electron chi connectivity index (χ3n) is 3.54. The summed E-state index contributed by atoms with van der Waals surface area (Å²) in [5.41, 5.74) is 0.615. The lowest BCUT2D eigenvalue weighted by molar-refractivity contribution is -0.122. The van der Waals surface area contributed by atoms with E-state index in [-0.39, 0.29) is 22.0 Å². The van der Waals surface area contributed by atoms with Gasteiger partial charge >= 0.3 is 0 Å². The molecular weight excluding hydrogens is 325 g/mol. The third-order valence-corrected chi connectivity index (χ3v) is 4.32. The third kappa shape index (κ3) is 2.63. The zero-order valence-electron chi connectivity index (χ0n) is 11.1. The van der Waals surface area contributed by atoms with E-state index in [1.807, 2.05) is 6.07 Å². The van der Waals surface area contributed by atoms with Gasteiger partial charge < -0.3 is 10.2 Å². The van der Waals surface area contributed by atoms with E-state index in [1.165, 1.54) is 0 Å². The number of halogens is 2. The van der Waals surface area contributed by atoms with Crippen LogP contribution in [0, 0.1) is 17.1 Å². The number of nitriles is 1. The minimum Gasteiger partial charge on any atom is -0.357 e. The highest BCUT2D eigenvalue weighted by Crippen LogP contribution is 2.32. The Kier molecular flexibility index (Phi) is 4.61. The van der Waals surface area contributed by atoms with Crippen molar-refractivity contribution in [3.8, 4) is 6.07 Å². The molecule has 1 fully saturated rings. The normalized spacial score (nSPS) is 18.5. The number of hydrogen-bond donors (Lipinski definition) is 1. The van der Waals surface area contributed by atoms with Gasteiger partial charge in [-0.1, -0.05) is 0 Å². The molecule has 106 valence electrons. The SMILES string of the molecule is CNC(=O)C1CCCCN1c1ccc(C#N)c(Br)c1F. The van der Waals surface area contributed by atoms with Gasteiger partial charge in [0.2, 0.25) is 5.91 Å². The van der Waals surface area contributed by atoms with Crippen LogP contribution in [0.25, 0.3) is 0 Å². The van der Waals surface area contributed by atoms with E-state index in [9.17, 15) is 9.18 Å². The molecule has 0 aromatic heterocycles. The summed E-state index contributed by atoms with van der Waals surface area (Å²) in [6.45, 7) is 0.632. The van der Waals surface area contributed by atoms with E-state index in [0.29, 0.717) is 18.7 Å². The standard InChI is InChI=1S/C14H15BrFN3O/c1-18-14(20)11-4-2-3-7-19(11)10-6-5-9(8-17)12(15)13(10)16/h5-6,11H,2-4,7H2,1H3,(H,18,20). The average Bonchev–Trinajstić information content (AvgIpc) is 2.49. The first kappa shape index (κ1) is 14.8. The second kappa shape index (κ2) is 6.23. The van der Waals surface area contributed by atoms with Crippen molar-refractivity contribution >= 4 is 27.5 Å². The molecule has 0 bridgehead atoms. The fourth-order valence-electron chi connectivity index (χ4n) is 2.51. The quantitative estimate of drug-likeness (QED) is 0.900. The first-order chi connectivity index (χ1) is 9.60. The lowest BCUT2D eigenvalue weighted by Crippen LogP contribution is -2.49. The second-order valence-electron chi connectivity index (χ2n) is 4.69. The molecule has 6 heteroatoms. The van der Waals surface area contributed by atoms with Gasteiger partial charge in [-0.15, -0.1) is 0 Å². The van der Waals surface area contributed by atoms with Crippen LogP contribution in [0.3, 0.4) is 0 Å². The maximum atomic E-state index is 14.4. The summed E-state index contributed by atoms with van der Waals surface area (Å²) >= 11 is 3.11. The molecule has 1 aromatic carbocycles. The molecule has 0 spiro atoms. The highest BCUT2D eigenvalue weighted by molar-refractivity contribution is 9.10. The average molecular weight is 340 g/mol. The number of nitrogens with one attached hydrogen (secondary N) is 1. The van der Waals surface area contributed by atoms with Crippen molar-refractivity contribution in [3.05, 3.63) is 28.0 Å². The van der Waals surface area contributed by atoms with Crippen molar-refractivity contribution in [1.29, 1.82) is 5.26 Å². The first-order valence-corrected chi connectivity index (χ1v) is 7.25. The summed E-state index contributed by atoms with van der Waals surface area (Å²) in [6.07, 6.45) is 2.58. The van der Waals surface area contributed by atoms with Gasteiger partial charge in [0.1, 0.15) is 12.1 Å². The number of carbonyl (C=O) groups excluding carboxylic acids is 1. The summed E-state index contributed by atoms with van der Waals surface area (Å²) in [6, 6.07) is 4.71. The van der Waals surface area contributed by atoms with Gasteiger partial charge in [-0.3, -0.25) is 4.79 Å². The Hall–Kier alpha value is -1.61. The van der Waals surface area contributed by atoms with Crippen molar-refractivity contribution < 1.29 is 9.18 Å². The summed E-state index contributed by atoms with van der Waals surface area (Å²) < 4.78 is 14.6. The van der Waals surface area contributed by atoms with E-state index in [4.69, 9.17) is 5.26 Å². The van der Waals surface area contributed by atoms with E-state index in [2.05, 4.69) is 21.2 Å². The minimum atomic E-state index is -0.486. The molecule has 1 heterocycles. The number of benzene rings is 1. The van der Waals surface area contributed by atoms with Crippen molar-refractivity contribution in [1.82, 2.24) is 5.32 Å². The molecule has 4 nitrogen and oxygen atoms in total. The summed E-state index contributed by atoms with van der Waals surface area (Å²) in [4.78, 5) is 13.7. The van der Waals surface area contributed by atoms with Crippen LogP contribution >= 0.6 is 15.9 Å². The molecule has 2 rings (SSSR count). The predicted molar refractivity (Wildman–Crippen MR) is 77.9 cm³/mol. The highest BCUT2D eigenvalue weighted by Gasteiger charge is 2.30.